The molecular formula is C23H28N2. The summed E-state index contributed by atoms with van der Waals surface area (Å²) in [5.41, 5.74) is 4.36. The van der Waals surface area contributed by atoms with Gasteiger partial charge in [-0.25, -0.2) is 0 Å². The Labute approximate surface area is 152 Å². The standard InChI is InChI=1S/C23H28N2/c1-4-25(18(2)3)16-10-9-15-23(17-24)21-13-7-5-11-19(21)20-12-6-8-14-22(20)23/h5-8,11-14,18H,4,9-10,15-16H2,1-3H3. The molecule has 2 aromatic carbocycles. The zero-order chi connectivity index (χ0) is 17.9. The van der Waals surface area contributed by atoms with E-state index < -0.39 is 5.41 Å². The van der Waals surface area contributed by atoms with E-state index in [0.29, 0.717) is 6.04 Å². The molecular weight excluding hydrogens is 304 g/mol. The van der Waals surface area contributed by atoms with Gasteiger partial charge in [-0.2, -0.15) is 5.26 Å². The van der Waals surface area contributed by atoms with Gasteiger partial charge in [-0.1, -0.05) is 55.5 Å². The van der Waals surface area contributed by atoms with Crippen molar-refractivity contribution in [3.8, 4) is 17.2 Å². The average Bonchev–Trinajstić information content (AvgIpc) is 2.92. The molecule has 0 fully saturated rings. The molecule has 1 aliphatic carbocycles. The largest absolute Gasteiger partial charge is 0.301 e. The van der Waals surface area contributed by atoms with Crippen molar-refractivity contribution in [1.29, 1.82) is 5.26 Å². The Bertz CT molecular complexity index is 724. The van der Waals surface area contributed by atoms with Crippen LogP contribution >= 0.6 is 0 Å². The van der Waals surface area contributed by atoms with E-state index in [4.69, 9.17) is 0 Å². The highest BCUT2D eigenvalue weighted by atomic mass is 15.1. The summed E-state index contributed by atoms with van der Waals surface area (Å²) in [6.45, 7) is 8.93. The van der Waals surface area contributed by atoms with Crippen LogP contribution in [0.15, 0.2) is 48.5 Å². The second-order valence-electron chi connectivity index (χ2n) is 7.29. The van der Waals surface area contributed by atoms with Crippen molar-refractivity contribution in [1.82, 2.24) is 4.90 Å². The van der Waals surface area contributed by atoms with Crippen LogP contribution in [0.4, 0.5) is 0 Å². The first-order chi connectivity index (χ1) is 12.1. The van der Waals surface area contributed by atoms with E-state index in [9.17, 15) is 5.26 Å². The highest BCUT2D eigenvalue weighted by Gasteiger charge is 2.42. The molecule has 0 heterocycles. The lowest BCUT2D eigenvalue weighted by atomic mass is 9.75. The van der Waals surface area contributed by atoms with Crippen molar-refractivity contribution in [2.45, 2.75) is 51.5 Å². The number of nitrogens with zero attached hydrogens (tertiary/aromatic N) is 2. The molecule has 2 nitrogen and oxygen atoms in total. The molecule has 0 aromatic heterocycles. The molecule has 0 atom stereocenters. The van der Waals surface area contributed by atoms with Gasteiger partial charge in [0.25, 0.3) is 0 Å². The van der Waals surface area contributed by atoms with Crippen LogP contribution < -0.4 is 0 Å². The van der Waals surface area contributed by atoms with Crippen LogP contribution in [0.25, 0.3) is 11.1 Å². The molecule has 2 aromatic rings. The summed E-state index contributed by atoms with van der Waals surface area (Å²) in [5.74, 6) is 0. The summed E-state index contributed by atoms with van der Waals surface area (Å²) in [6.07, 6.45) is 3.10. The van der Waals surface area contributed by atoms with Crippen LogP contribution in [0.5, 0.6) is 0 Å². The molecule has 2 heteroatoms. The highest BCUT2D eigenvalue weighted by molar-refractivity contribution is 5.82. The summed E-state index contributed by atoms with van der Waals surface area (Å²) in [7, 11) is 0. The first-order valence-electron chi connectivity index (χ1n) is 9.48. The smallest absolute Gasteiger partial charge is 0.108 e. The molecule has 0 amide bonds. The Kier molecular flexibility index (Phi) is 5.25. The number of nitriles is 1. The average molecular weight is 332 g/mol. The van der Waals surface area contributed by atoms with Gasteiger partial charge in [-0.3, -0.25) is 0 Å². The van der Waals surface area contributed by atoms with Crippen LogP contribution in [-0.4, -0.2) is 24.0 Å². The van der Waals surface area contributed by atoms with Gasteiger partial charge in [-0.05, 0) is 68.5 Å². The maximum atomic E-state index is 10.2. The van der Waals surface area contributed by atoms with Crippen LogP contribution in [0, 0.1) is 11.3 Å². The summed E-state index contributed by atoms with van der Waals surface area (Å²) < 4.78 is 0. The molecule has 0 bridgehead atoms. The highest BCUT2D eigenvalue weighted by Crippen LogP contribution is 2.50. The minimum Gasteiger partial charge on any atom is -0.301 e. The maximum Gasteiger partial charge on any atom is 0.108 e. The van der Waals surface area contributed by atoms with E-state index >= 15 is 0 Å². The lowest BCUT2D eigenvalue weighted by Gasteiger charge is -2.27. The normalized spacial score (nSPS) is 14.4. The van der Waals surface area contributed by atoms with Crippen molar-refractivity contribution >= 4 is 0 Å². The molecule has 0 N–H and O–H groups in total. The first kappa shape index (κ1) is 17.7. The summed E-state index contributed by atoms with van der Waals surface area (Å²) in [4.78, 5) is 2.50. The molecule has 0 unspecified atom stereocenters. The van der Waals surface area contributed by atoms with Crippen molar-refractivity contribution in [2.24, 2.45) is 0 Å². The molecule has 130 valence electrons. The predicted molar refractivity (Wildman–Crippen MR) is 105 cm³/mol. The minimum absolute atomic E-state index is 0.484. The number of rotatable bonds is 7. The maximum absolute atomic E-state index is 10.2. The summed E-state index contributed by atoms with van der Waals surface area (Å²) >= 11 is 0. The Morgan fingerprint density at radius 1 is 0.960 bits per heavy atom. The Morgan fingerprint density at radius 3 is 2.00 bits per heavy atom. The van der Waals surface area contributed by atoms with Crippen LogP contribution in [0.1, 0.15) is 51.2 Å². The van der Waals surface area contributed by atoms with Gasteiger partial charge in [-0.15, -0.1) is 0 Å². The lowest BCUT2D eigenvalue weighted by molar-refractivity contribution is 0.227. The number of fused-ring (bicyclic) bond motifs is 3. The zero-order valence-electron chi connectivity index (χ0n) is 15.6. The zero-order valence-corrected chi connectivity index (χ0v) is 15.6. The van der Waals surface area contributed by atoms with Crippen molar-refractivity contribution < 1.29 is 0 Å². The summed E-state index contributed by atoms with van der Waals surface area (Å²) in [5, 5.41) is 10.2. The second kappa shape index (κ2) is 7.42. The van der Waals surface area contributed by atoms with Gasteiger partial charge in [0.1, 0.15) is 5.41 Å². The molecule has 0 spiro atoms. The van der Waals surface area contributed by atoms with Crippen molar-refractivity contribution in [3.05, 3.63) is 59.7 Å². The molecule has 25 heavy (non-hydrogen) atoms. The van der Waals surface area contributed by atoms with Crippen LogP contribution in [0.2, 0.25) is 0 Å². The SMILES string of the molecule is CCN(CCCCC1(C#N)c2ccccc2-c2ccccc21)C(C)C. The lowest BCUT2D eigenvalue weighted by Crippen LogP contribution is -2.32. The topological polar surface area (TPSA) is 27.0 Å². The van der Waals surface area contributed by atoms with Gasteiger partial charge in [0.15, 0.2) is 0 Å². The number of benzene rings is 2. The monoisotopic (exact) mass is 332 g/mol. The Balaban J connectivity index is 1.82. The quantitative estimate of drug-likeness (QED) is 0.637. The third kappa shape index (κ3) is 3.10. The van der Waals surface area contributed by atoms with Crippen molar-refractivity contribution in [3.63, 3.8) is 0 Å². The fourth-order valence-electron chi connectivity index (χ4n) is 4.26. The second-order valence-corrected chi connectivity index (χ2v) is 7.29. The van der Waals surface area contributed by atoms with E-state index in [1.165, 1.54) is 22.3 Å². The van der Waals surface area contributed by atoms with E-state index in [1.54, 1.807) is 0 Å². The molecule has 0 saturated heterocycles. The van der Waals surface area contributed by atoms with Gasteiger partial charge in [0.05, 0.1) is 6.07 Å². The molecule has 0 saturated carbocycles. The van der Waals surface area contributed by atoms with Crippen LogP contribution in [0.3, 0.4) is 0 Å². The molecule has 3 rings (SSSR count). The van der Waals surface area contributed by atoms with E-state index in [2.05, 4.69) is 80.3 Å². The third-order valence-corrected chi connectivity index (χ3v) is 5.64. The van der Waals surface area contributed by atoms with Gasteiger partial charge in [0.2, 0.25) is 0 Å². The predicted octanol–water partition coefficient (Wildman–Crippen LogP) is 5.38. The minimum atomic E-state index is -0.484. The number of hydrogen-bond donors (Lipinski definition) is 0. The van der Waals surface area contributed by atoms with E-state index in [-0.39, 0.29) is 0 Å². The van der Waals surface area contributed by atoms with Crippen molar-refractivity contribution in [2.75, 3.05) is 13.1 Å². The van der Waals surface area contributed by atoms with E-state index in [1.807, 2.05) is 0 Å². The molecule has 0 radical (unpaired) electrons. The van der Waals surface area contributed by atoms with E-state index in [0.717, 1.165) is 32.4 Å². The van der Waals surface area contributed by atoms with Gasteiger partial charge in [0, 0.05) is 6.04 Å². The van der Waals surface area contributed by atoms with Crippen LogP contribution in [-0.2, 0) is 5.41 Å². The Morgan fingerprint density at radius 2 is 1.52 bits per heavy atom. The van der Waals surface area contributed by atoms with Gasteiger partial charge >= 0.3 is 0 Å². The number of hydrogen-bond acceptors (Lipinski definition) is 2. The molecule has 1 aliphatic rings. The number of unbranched alkanes of at least 4 members (excludes halogenated alkanes) is 1. The summed E-state index contributed by atoms with van der Waals surface area (Å²) in [6, 6.07) is 20.2. The van der Waals surface area contributed by atoms with Gasteiger partial charge < -0.3 is 4.90 Å². The Hall–Kier alpha value is -2.11. The first-order valence-corrected chi connectivity index (χ1v) is 9.48. The third-order valence-electron chi connectivity index (χ3n) is 5.64. The fourth-order valence-corrected chi connectivity index (χ4v) is 4.26. The molecule has 0 aliphatic heterocycles. The fraction of sp³-hybridized carbons (Fsp3) is 0.435.